The first kappa shape index (κ1) is 29.5. The molecule has 0 atom stereocenters. The van der Waals surface area contributed by atoms with E-state index < -0.39 is 0 Å². The van der Waals surface area contributed by atoms with Gasteiger partial charge in [0.1, 0.15) is 0 Å². The molecule has 0 N–H and O–H groups in total. The van der Waals surface area contributed by atoms with Gasteiger partial charge >= 0.3 is 0 Å². The Hall–Kier alpha value is -6.38. The van der Waals surface area contributed by atoms with Crippen LogP contribution in [0, 0.1) is 0 Å². The minimum absolute atomic E-state index is 0.0667. The third-order valence-electron chi connectivity index (χ3n) is 11.0. The summed E-state index contributed by atoms with van der Waals surface area (Å²) in [7, 11) is 0. The lowest BCUT2D eigenvalue weighted by Crippen LogP contribution is -2.16. The van der Waals surface area contributed by atoms with Crippen LogP contribution in [0.2, 0.25) is 0 Å². The van der Waals surface area contributed by atoms with E-state index in [1.807, 2.05) is 0 Å². The van der Waals surface area contributed by atoms with Crippen LogP contribution in [0.4, 0.5) is 17.1 Å². The largest absolute Gasteiger partial charge is 0.310 e. The van der Waals surface area contributed by atoms with E-state index in [0.29, 0.717) is 0 Å². The molecule has 0 aliphatic heterocycles. The van der Waals surface area contributed by atoms with Crippen LogP contribution in [-0.2, 0) is 5.41 Å². The summed E-state index contributed by atoms with van der Waals surface area (Å²) in [4.78, 5) is 2.38. The van der Waals surface area contributed by atoms with Gasteiger partial charge in [-0.25, -0.2) is 0 Å². The molecule has 242 valence electrons. The Morgan fingerprint density at radius 3 is 1.90 bits per heavy atom. The van der Waals surface area contributed by atoms with Gasteiger partial charge in [0.15, 0.2) is 0 Å². The Kier molecular flexibility index (Phi) is 6.56. The first-order valence-electron chi connectivity index (χ1n) is 17.8. The molecule has 2 nitrogen and oxygen atoms in total. The average Bonchev–Trinajstić information content (AvgIpc) is 3.64. The fourth-order valence-corrected chi connectivity index (χ4v) is 8.46. The normalized spacial score (nSPS) is 13.1. The van der Waals surface area contributed by atoms with E-state index in [2.05, 4.69) is 205 Å². The molecule has 1 heterocycles. The molecule has 0 saturated heterocycles. The number of para-hydroxylation sites is 2. The molecule has 8 aromatic carbocycles. The van der Waals surface area contributed by atoms with E-state index in [0.717, 1.165) is 17.1 Å². The van der Waals surface area contributed by atoms with Gasteiger partial charge in [-0.15, -0.1) is 0 Å². The van der Waals surface area contributed by atoms with Gasteiger partial charge in [-0.05, 0) is 99.4 Å². The van der Waals surface area contributed by atoms with Gasteiger partial charge in [0.25, 0.3) is 0 Å². The van der Waals surface area contributed by atoms with Gasteiger partial charge in [-0.3, -0.25) is 0 Å². The SMILES string of the molecule is CC1(C)c2ccccc2-c2ccc(N(c3ccccc3)c3ccc(-c4ccc5c(c4)c4ccc6ccccc6c4n5-c4ccccc4)cc3)cc21. The molecule has 0 radical (unpaired) electrons. The third kappa shape index (κ3) is 4.57. The lowest BCUT2D eigenvalue weighted by Gasteiger charge is -2.28. The van der Waals surface area contributed by atoms with Crippen LogP contribution in [0.1, 0.15) is 25.0 Å². The zero-order valence-electron chi connectivity index (χ0n) is 28.7. The maximum Gasteiger partial charge on any atom is 0.0619 e. The van der Waals surface area contributed by atoms with Crippen LogP contribution in [-0.4, -0.2) is 4.57 Å². The van der Waals surface area contributed by atoms with Crippen molar-refractivity contribution in [1.82, 2.24) is 4.57 Å². The summed E-state index contributed by atoms with van der Waals surface area (Å²) in [5, 5.41) is 5.04. The van der Waals surface area contributed by atoms with E-state index in [-0.39, 0.29) is 5.41 Å². The summed E-state index contributed by atoms with van der Waals surface area (Å²) >= 11 is 0. The predicted molar refractivity (Wildman–Crippen MR) is 216 cm³/mol. The van der Waals surface area contributed by atoms with Crippen molar-refractivity contribution in [3.05, 3.63) is 193 Å². The summed E-state index contributed by atoms with van der Waals surface area (Å²) < 4.78 is 2.42. The number of hydrogen-bond donors (Lipinski definition) is 0. The lowest BCUT2D eigenvalue weighted by atomic mass is 9.82. The van der Waals surface area contributed by atoms with Gasteiger partial charge in [0.2, 0.25) is 0 Å². The van der Waals surface area contributed by atoms with Crippen molar-refractivity contribution in [3.8, 4) is 27.9 Å². The maximum atomic E-state index is 2.42. The molecule has 1 aliphatic rings. The Labute approximate surface area is 298 Å². The fourth-order valence-electron chi connectivity index (χ4n) is 8.46. The molecule has 0 unspecified atom stereocenters. The van der Waals surface area contributed by atoms with Gasteiger partial charge in [-0.2, -0.15) is 0 Å². The highest BCUT2D eigenvalue weighted by Crippen LogP contribution is 2.50. The van der Waals surface area contributed by atoms with Crippen molar-refractivity contribution in [1.29, 1.82) is 0 Å². The first-order chi connectivity index (χ1) is 25.1. The number of aromatic nitrogens is 1. The highest BCUT2D eigenvalue weighted by atomic mass is 15.1. The second kappa shape index (κ2) is 11.3. The molecular weight excluding hydrogens is 617 g/mol. The average molecular weight is 653 g/mol. The van der Waals surface area contributed by atoms with E-state index in [1.165, 1.54) is 71.6 Å². The molecule has 10 rings (SSSR count). The zero-order chi connectivity index (χ0) is 34.1. The minimum Gasteiger partial charge on any atom is -0.310 e. The van der Waals surface area contributed by atoms with E-state index in [4.69, 9.17) is 0 Å². The highest BCUT2D eigenvalue weighted by Gasteiger charge is 2.35. The molecule has 1 aromatic heterocycles. The number of nitrogens with zero attached hydrogens (tertiary/aromatic N) is 2. The van der Waals surface area contributed by atoms with Crippen LogP contribution >= 0.6 is 0 Å². The van der Waals surface area contributed by atoms with E-state index in [1.54, 1.807) is 0 Å². The number of rotatable bonds is 5. The van der Waals surface area contributed by atoms with Crippen molar-refractivity contribution >= 4 is 49.6 Å². The number of hydrogen-bond acceptors (Lipinski definition) is 1. The molecule has 1 aliphatic carbocycles. The second-order valence-electron chi connectivity index (χ2n) is 14.2. The van der Waals surface area contributed by atoms with Crippen molar-refractivity contribution in [2.24, 2.45) is 0 Å². The summed E-state index contributed by atoms with van der Waals surface area (Å²) in [5.74, 6) is 0. The molecular formula is C49H36N2. The van der Waals surface area contributed by atoms with Crippen LogP contribution in [0.3, 0.4) is 0 Å². The van der Waals surface area contributed by atoms with Crippen LogP contribution in [0.15, 0.2) is 182 Å². The minimum atomic E-state index is -0.0667. The van der Waals surface area contributed by atoms with Gasteiger partial charge in [0, 0.05) is 44.3 Å². The second-order valence-corrected chi connectivity index (χ2v) is 14.2. The molecule has 51 heavy (non-hydrogen) atoms. The predicted octanol–water partition coefficient (Wildman–Crippen LogP) is 13.4. The van der Waals surface area contributed by atoms with Crippen LogP contribution < -0.4 is 4.90 Å². The number of anilines is 3. The molecule has 0 fully saturated rings. The monoisotopic (exact) mass is 652 g/mol. The molecule has 0 spiro atoms. The van der Waals surface area contributed by atoms with Crippen molar-refractivity contribution in [2.45, 2.75) is 19.3 Å². The summed E-state index contributed by atoms with van der Waals surface area (Å²) in [6.45, 7) is 4.69. The van der Waals surface area contributed by atoms with Crippen molar-refractivity contribution in [3.63, 3.8) is 0 Å². The quantitative estimate of drug-likeness (QED) is 0.180. The van der Waals surface area contributed by atoms with Gasteiger partial charge in [0.05, 0.1) is 11.0 Å². The van der Waals surface area contributed by atoms with Gasteiger partial charge in [-0.1, -0.05) is 135 Å². The fraction of sp³-hybridized carbons (Fsp3) is 0.0612. The van der Waals surface area contributed by atoms with E-state index in [9.17, 15) is 0 Å². The molecule has 9 aromatic rings. The summed E-state index contributed by atoms with van der Waals surface area (Å²) in [5.41, 5.74) is 14.8. The lowest BCUT2D eigenvalue weighted by molar-refractivity contribution is 0.660. The highest BCUT2D eigenvalue weighted by molar-refractivity contribution is 6.19. The Balaban J connectivity index is 1.09. The first-order valence-corrected chi connectivity index (χ1v) is 17.8. The molecule has 0 saturated carbocycles. The van der Waals surface area contributed by atoms with Crippen LogP contribution in [0.25, 0.3) is 60.5 Å². The van der Waals surface area contributed by atoms with Gasteiger partial charge < -0.3 is 9.47 Å². The topological polar surface area (TPSA) is 8.17 Å². The maximum absolute atomic E-state index is 2.42. The van der Waals surface area contributed by atoms with Crippen molar-refractivity contribution < 1.29 is 0 Å². The molecule has 0 bridgehead atoms. The number of benzene rings is 8. The third-order valence-corrected chi connectivity index (χ3v) is 11.0. The number of fused-ring (bicyclic) bond motifs is 8. The Morgan fingerprint density at radius 1 is 0.431 bits per heavy atom. The summed E-state index contributed by atoms with van der Waals surface area (Å²) in [6.07, 6.45) is 0. The smallest absolute Gasteiger partial charge is 0.0619 e. The Bertz CT molecular complexity index is 2750. The zero-order valence-corrected chi connectivity index (χ0v) is 28.7. The molecule has 0 amide bonds. The Morgan fingerprint density at radius 2 is 1.08 bits per heavy atom. The molecule has 2 heteroatoms. The summed E-state index contributed by atoms with van der Waals surface area (Å²) in [6, 6.07) is 66.5. The standard InChI is InChI=1S/C49H36N2/c1-49(2)45-20-12-11-19-41(45)42-29-27-39(32-46(42)49)50(36-14-5-3-6-15-36)38-25-21-33(22-26-38)35-24-30-47-44(31-35)43-28-23-34-13-9-10-18-40(34)48(43)51(47)37-16-7-4-8-17-37/h3-32H,1-2H3. The van der Waals surface area contributed by atoms with E-state index >= 15 is 0 Å². The van der Waals surface area contributed by atoms with Crippen molar-refractivity contribution in [2.75, 3.05) is 4.90 Å². The van der Waals surface area contributed by atoms with Crippen LogP contribution in [0.5, 0.6) is 0 Å².